The van der Waals surface area contributed by atoms with Gasteiger partial charge >= 0.3 is 0 Å². The fraction of sp³-hybridized carbons (Fsp3) is 0.324. The summed E-state index contributed by atoms with van der Waals surface area (Å²) in [6, 6.07) is 27.1. The molecule has 0 radical (unpaired) electrons. The van der Waals surface area contributed by atoms with Crippen LogP contribution >= 0.6 is 0 Å². The Bertz CT molecular complexity index is 1730. The summed E-state index contributed by atoms with van der Waals surface area (Å²) in [5.41, 5.74) is 2.65. The highest BCUT2D eigenvalue weighted by atomic mass is 19.1. The van der Waals surface area contributed by atoms with Crippen molar-refractivity contribution in [1.29, 1.82) is 0 Å². The first-order valence-electron chi connectivity index (χ1n) is 15.1. The van der Waals surface area contributed by atoms with Crippen molar-refractivity contribution in [2.75, 3.05) is 29.9 Å². The van der Waals surface area contributed by atoms with Crippen molar-refractivity contribution in [3.05, 3.63) is 114 Å². The second-order valence-corrected chi connectivity index (χ2v) is 11.9. The molecular weight excluding hydrogens is 575 g/mol. The average Bonchev–Trinajstić information content (AvgIpc) is 3.78. The summed E-state index contributed by atoms with van der Waals surface area (Å²) in [7, 11) is 0. The van der Waals surface area contributed by atoms with Gasteiger partial charge in [-0.25, -0.2) is 9.37 Å². The molecular formula is C34H35FN6O4. The number of aliphatic hydroxyl groups excluding tert-OH is 3. The van der Waals surface area contributed by atoms with E-state index in [1.807, 2.05) is 48.5 Å². The number of hydrogen-bond donors (Lipinski definition) is 4. The van der Waals surface area contributed by atoms with E-state index in [4.69, 9.17) is 14.7 Å². The third kappa shape index (κ3) is 5.42. The van der Waals surface area contributed by atoms with Gasteiger partial charge in [-0.2, -0.15) is 9.97 Å². The van der Waals surface area contributed by atoms with E-state index >= 15 is 0 Å². The first kappa shape index (κ1) is 29.3. The number of aliphatic hydroxyl groups is 3. The Hall–Kier alpha value is -4.42. The van der Waals surface area contributed by atoms with Crippen LogP contribution in [-0.4, -0.2) is 73.0 Å². The van der Waals surface area contributed by atoms with E-state index in [1.165, 1.54) is 18.5 Å². The van der Waals surface area contributed by atoms with Gasteiger partial charge in [-0.3, -0.25) is 4.57 Å². The number of anilines is 2. The second kappa shape index (κ2) is 11.8. The lowest BCUT2D eigenvalue weighted by Gasteiger charge is -2.29. The first-order chi connectivity index (χ1) is 21.8. The topological polar surface area (TPSA) is 129 Å². The molecule has 2 aliphatic rings. The van der Waals surface area contributed by atoms with Crippen LogP contribution in [-0.2, 0) is 10.5 Å². The van der Waals surface area contributed by atoms with E-state index in [1.54, 1.807) is 11.5 Å². The number of ether oxygens (including phenoxy) is 1. The molecule has 0 spiro atoms. The van der Waals surface area contributed by atoms with Crippen LogP contribution in [0.5, 0.6) is 0 Å². The Morgan fingerprint density at radius 2 is 1.62 bits per heavy atom. The van der Waals surface area contributed by atoms with E-state index in [2.05, 4.69) is 39.5 Å². The summed E-state index contributed by atoms with van der Waals surface area (Å²) in [6.45, 7) is 3.41. The minimum absolute atomic E-state index is 0.0143. The van der Waals surface area contributed by atoms with Crippen molar-refractivity contribution in [2.24, 2.45) is 0 Å². The normalized spacial score (nSPS) is 25.0. The Morgan fingerprint density at radius 3 is 2.24 bits per heavy atom. The zero-order chi connectivity index (χ0) is 31.1. The molecule has 4 N–H and O–H groups in total. The Kier molecular flexibility index (Phi) is 7.70. The van der Waals surface area contributed by atoms with E-state index in [-0.39, 0.29) is 17.7 Å². The Labute approximate surface area is 259 Å². The molecule has 7 rings (SSSR count). The van der Waals surface area contributed by atoms with Gasteiger partial charge < -0.3 is 30.3 Å². The van der Waals surface area contributed by atoms with Crippen LogP contribution in [0, 0.1) is 5.82 Å². The molecule has 4 heterocycles. The maximum atomic E-state index is 13.6. The molecule has 5 atom stereocenters. The maximum Gasteiger partial charge on any atom is 0.229 e. The summed E-state index contributed by atoms with van der Waals surface area (Å²) in [6.07, 6.45) is -2.18. The number of nitrogens with zero attached hydrogens (tertiary/aromatic N) is 5. The van der Waals surface area contributed by atoms with E-state index in [0.717, 1.165) is 23.1 Å². The van der Waals surface area contributed by atoms with Crippen LogP contribution in [0.15, 0.2) is 91.3 Å². The van der Waals surface area contributed by atoms with Crippen LogP contribution in [0.2, 0.25) is 0 Å². The lowest BCUT2D eigenvalue weighted by molar-refractivity contribution is -0.186. The van der Waals surface area contributed by atoms with Crippen LogP contribution in [0.1, 0.15) is 41.9 Å². The highest BCUT2D eigenvalue weighted by Crippen LogP contribution is 2.38. The molecule has 10 nitrogen and oxygen atoms in total. The van der Waals surface area contributed by atoms with Gasteiger partial charge in [0, 0.05) is 31.5 Å². The number of nitrogens with one attached hydrogen (secondary N) is 1. The monoisotopic (exact) mass is 610 g/mol. The van der Waals surface area contributed by atoms with Crippen molar-refractivity contribution in [3.63, 3.8) is 0 Å². The summed E-state index contributed by atoms with van der Waals surface area (Å²) >= 11 is 0. The maximum absolute atomic E-state index is 13.6. The first-order valence-corrected chi connectivity index (χ1v) is 15.1. The van der Waals surface area contributed by atoms with Gasteiger partial charge in [0.2, 0.25) is 5.95 Å². The van der Waals surface area contributed by atoms with Crippen LogP contribution in [0.25, 0.3) is 11.2 Å². The molecule has 5 aromatic rings. The fourth-order valence-electron chi connectivity index (χ4n) is 6.48. The van der Waals surface area contributed by atoms with Gasteiger partial charge in [0.25, 0.3) is 0 Å². The number of imidazole rings is 1. The minimum atomic E-state index is -1.58. The van der Waals surface area contributed by atoms with Gasteiger partial charge in [-0.15, -0.1) is 0 Å². The fourth-order valence-corrected chi connectivity index (χ4v) is 6.48. The van der Waals surface area contributed by atoms with Crippen molar-refractivity contribution in [1.82, 2.24) is 19.5 Å². The number of benzene rings is 3. The molecule has 232 valence electrons. The summed E-state index contributed by atoms with van der Waals surface area (Å²) < 4.78 is 20.8. The smallest absolute Gasteiger partial charge is 0.229 e. The van der Waals surface area contributed by atoms with Gasteiger partial charge in [-0.05, 0) is 42.2 Å². The average molecular weight is 611 g/mol. The van der Waals surface area contributed by atoms with Crippen molar-refractivity contribution >= 4 is 22.9 Å². The van der Waals surface area contributed by atoms with Gasteiger partial charge in [-0.1, -0.05) is 72.8 Å². The quantitative estimate of drug-likeness (QED) is 0.207. The number of aromatic nitrogens is 4. The molecule has 45 heavy (non-hydrogen) atoms. The zero-order valence-corrected chi connectivity index (χ0v) is 24.7. The zero-order valence-electron chi connectivity index (χ0n) is 24.7. The van der Waals surface area contributed by atoms with Crippen molar-refractivity contribution in [3.8, 4) is 0 Å². The largest absolute Gasteiger partial charge is 0.385 e. The van der Waals surface area contributed by atoms with Crippen LogP contribution < -0.4 is 10.2 Å². The molecule has 0 amide bonds. The number of rotatable bonds is 8. The third-order valence-corrected chi connectivity index (χ3v) is 9.08. The molecule has 0 bridgehead atoms. The molecule has 3 aromatic carbocycles. The molecule has 2 aliphatic heterocycles. The van der Waals surface area contributed by atoms with Gasteiger partial charge in [0.15, 0.2) is 29.0 Å². The summed E-state index contributed by atoms with van der Waals surface area (Å²) in [5.74, 6) is 0.892. The highest BCUT2D eigenvalue weighted by molar-refractivity contribution is 5.84. The summed E-state index contributed by atoms with van der Waals surface area (Å²) in [5, 5.41) is 35.0. The van der Waals surface area contributed by atoms with E-state index in [9.17, 15) is 19.7 Å². The molecule has 0 aliphatic carbocycles. The Morgan fingerprint density at radius 1 is 0.956 bits per heavy atom. The predicted octanol–water partition coefficient (Wildman–Crippen LogP) is 3.95. The van der Waals surface area contributed by atoms with Gasteiger partial charge in [0.1, 0.15) is 18.0 Å². The second-order valence-electron chi connectivity index (χ2n) is 11.9. The lowest BCUT2D eigenvalue weighted by atomic mass is 9.91. The van der Waals surface area contributed by atoms with E-state index in [0.29, 0.717) is 42.6 Å². The number of halogens is 1. The van der Waals surface area contributed by atoms with E-state index < -0.39 is 24.2 Å². The minimum Gasteiger partial charge on any atom is -0.385 e. The molecule has 2 fully saturated rings. The predicted molar refractivity (Wildman–Crippen MR) is 167 cm³/mol. The summed E-state index contributed by atoms with van der Waals surface area (Å²) in [4.78, 5) is 16.6. The van der Waals surface area contributed by atoms with Crippen LogP contribution in [0.4, 0.5) is 16.2 Å². The Balaban J connectivity index is 1.27. The molecule has 2 aromatic heterocycles. The molecule has 2 saturated heterocycles. The molecule has 4 unspecified atom stereocenters. The van der Waals surface area contributed by atoms with Crippen LogP contribution in [0.3, 0.4) is 0 Å². The van der Waals surface area contributed by atoms with Crippen molar-refractivity contribution in [2.45, 2.75) is 49.4 Å². The third-order valence-electron chi connectivity index (χ3n) is 9.08. The SMILES string of the molecule is CC1(n2cnc3c(NCC(c4ccccc4)c4ccccc4)nc(N4CC[C@H](c5ccc(F)cc5)C4)nc32)OC(O)C(O)C1O. The molecule has 11 heteroatoms. The van der Waals surface area contributed by atoms with Gasteiger partial charge in [0.05, 0.1) is 6.33 Å². The van der Waals surface area contributed by atoms with Crippen molar-refractivity contribution < 1.29 is 24.4 Å². The molecule has 0 saturated carbocycles. The number of fused-ring (bicyclic) bond motifs is 1. The standard InChI is InChI=1S/C34H35FN6O4/c1-34(29(43)28(42)32(44)45-34)41-20-37-27-30(36-18-26(22-8-4-2-5-9-22)23-10-6-3-7-11-23)38-33(39-31(27)41)40-17-16-24(19-40)21-12-14-25(35)15-13-21/h2-15,20,24,26,28-29,32,42-44H,16-19H2,1H3,(H,36,38,39)/t24-,28?,29?,32?,34?/m0/s1. The highest BCUT2D eigenvalue weighted by Gasteiger charge is 2.53. The number of hydrogen-bond acceptors (Lipinski definition) is 9. The lowest BCUT2D eigenvalue weighted by Crippen LogP contribution is -2.43.